The minimum Gasteiger partial charge on any atom is -0.493 e. The van der Waals surface area contributed by atoms with Crippen molar-refractivity contribution in [2.75, 3.05) is 44.8 Å². The molecule has 0 amide bonds. The van der Waals surface area contributed by atoms with Crippen LogP contribution in [-0.4, -0.2) is 88.8 Å². The fourth-order valence-corrected chi connectivity index (χ4v) is 8.58. The molecular formula is C33H32F6N8O2. The summed E-state index contributed by atoms with van der Waals surface area (Å²) in [4.78, 5) is 12.9. The number of aryl methyl sites for hydroxylation is 1. The Morgan fingerprint density at radius 2 is 1.84 bits per heavy atom. The second kappa shape index (κ2) is 11.3. The Labute approximate surface area is 276 Å². The SMILES string of the molecule is COc1c(F)c(-c2c(C(F)(F)F)c(C)cc3[nH]nc(C#N)c23)c(F)c2nc(OC[C@@]34CCCN3C[C@H](F)C4)nc(N3CC4CCC(C3)N4)c12. The maximum Gasteiger partial charge on any atom is 0.417 e. The lowest BCUT2D eigenvalue weighted by molar-refractivity contribution is -0.137. The fourth-order valence-electron chi connectivity index (χ4n) is 8.58. The molecule has 8 rings (SSSR count). The van der Waals surface area contributed by atoms with E-state index in [0.29, 0.717) is 26.1 Å². The third kappa shape index (κ3) is 4.95. The van der Waals surface area contributed by atoms with E-state index in [-0.39, 0.29) is 60.0 Å². The van der Waals surface area contributed by atoms with E-state index in [1.54, 1.807) is 6.07 Å². The first-order chi connectivity index (χ1) is 23.4. The Morgan fingerprint density at radius 3 is 2.53 bits per heavy atom. The number of anilines is 1. The fraction of sp³-hybridized carbons (Fsp3) is 0.515. The number of ether oxygens (including phenoxy) is 2. The van der Waals surface area contributed by atoms with Crippen LogP contribution in [0, 0.1) is 29.9 Å². The van der Waals surface area contributed by atoms with Gasteiger partial charge in [0.25, 0.3) is 0 Å². The molecule has 2 aromatic carbocycles. The molecule has 2 N–H and O–H groups in total. The Kier molecular flexibility index (Phi) is 7.38. The number of hydrogen-bond donors (Lipinski definition) is 2. The van der Waals surface area contributed by atoms with E-state index < -0.39 is 68.6 Å². The Bertz CT molecular complexity index is 2030. The summed E-state index contributed by atoms with van der Waals surface area (Å²) in [6.45, 7) is 3.03. The third-order valence-corrected chi connectivity index (χ3v) is 10.6. The molecule has 0 aliphatic carbocycles. The molecule has 4 aromatic rings. The third-order valence-electron chi connectivity index (χ3n) is 10.6. The number of nitriles is 1. The zero-order valence-corrected chi connectivity index (χ0v) is 26.6. The molecule has 4 atom stereocenters. The van der Waals surface area contributed by atoms with Crippen LogP contribution in [0.3, 0.4) is 0 Å². The molecule has 4 fully saturated rings. The van der Waals surface area contributed by atoms with Gasteiger partial charge in [0.2, 0.25) is 0 Å². The summed E-state index contributed by atoms with van der Waals surface area (Å²) < 4.78 is 105. The normalized spacial score (nSPS) is 25.4. The lowest BCUT2D eigenvalue weighted by atomic mass is 9.89. The number of rotatable bonds is 6. The number of nitrogens with zero attached hydrogens (tertiary/aromatic N) is 6. The van der Waals surface area contributed by atoms with Crippen molar-refractivity contribution in [1.82, 2.24) is 30.4 Å². The van der Waals surface area contributed by atoms with Crippen LogP contribution in [0.2, 0.25) is 0 Å². The molecule has 6 heterocycles. The highest BCUT2D eigenvalue weighted by Gasteiger charge is 2.49. The number of aromatic nitrogens is 4. The van der Waals surface area contributed by atoms with Gasteiger partial charge in [0.15, 0.2) is 23.1 Å². The number of piperazine rings is 1. The highest BCUT2D eigenvalue weighted by atomic mass is 19.4. The zero-order valence-electron chi connectivity index (χ0n) is 26.6. The van der Waals surface area contributed by atoms with Crippen molar-refractivity contribution >= 4 is 27.6 Å². The number of hydrogen-bond acceptors (Lipinski definition) is 9. The topological polar surface area (TPSA) is 115 Å². The Morgan fingerprint density at radius 1 is 1.08 bits per heavy atom. The molecule has 4 saturated heterocycles. The van der Waals surface area contributed by atoms with E-state index >= 15 is 8.78 Å². The molecule has 4 aliphatic heterocycles. The Balaban J connectivity index is 1.39. The summed E-state index contributed by atoms with van der Waals surface area (Å²) in [6.07, 6.45) is -2.56. The summed E-state index contributed by atoms with van der Waals surface area (Å²) in [5.41, 5.74) is -5.24. The predicted molar refractivity (Wildman–Crippen MR) is 166 cm³/mol. The van der Waals surface area contributed by atoms with E-state index in [1.807, 2.05) is 9.80 Å². The van der Waals surface area contributed by atoms with Crippen LogP contribution in [0.1, 0.15) is 48.9 Å². The number of H-pyrrole nitrogens is 1. The molecular weight excluding hydrogens is 654 g/mol. The molecule has 10 nitrogen and oxygen atoms in total. The van der Waals surface area contributed by atoms with Gasteiger partial charge in [0.1, 0.15) is 30.2 Å². The van der Waals surface area contributed by atoms with E-state index in [9.17, 15) is 22.8 Å². The highest BCUT2D eigenvalue weighted by molar-refractivity contribution is 6.05. The van der Waals surface area contributed by atoms with Gasteiger partial charge in [-0.15, -0.1) is 0 Å². The number of nitrogens with one attached hydrogen (secondary N) is 2. The van der Waals surface area contributed by atoms with Gasteiger partial charge in [-0.1, -0.05) is 0 Å². The van der Waals surface area contributed by atoms with Gasteiger partial charge in [-0.25, -0.2) is 13.2 Å². The lowest BCUT2D eigenvalue weighted by Gasteiger charge is -2.35. The van der Waals surface area contributed by atoms with Crippen LogP contribution in [0.5, 0.6) is 11.8 Å². The van der Waals surface area contributed by atoms with Gasteiger partial charge in [-0.05, 0) is 50.8 Å². The van der Waals surface area contributed by atoms with Crippen molar-refractivity contribution in [1.29, 1.82) is 5.26 Å². The van der Waals surface area contributed by atoms with Crippen LogP contribution < -0.4 is 19.7 Å². The van der Waals surface area contributed by atoms with Crippen molar-refractivity contribution in [2.24, 2.45) is 0 Å². The van der Waals surface area contributed by atoms with Crippen LogP contribution in [0.25, 0.3) is 32.9 Å². The minimum absolute atomic E-state index is 0.00918. The van der Waals surface area contributed by atoms with Crippen molar-refractivity contribution in [3.63, 3.8) is 0 Å². The molecule has 2 unspecified atom stereocenters. The summed E-state index contributed by atoms with van der Waals surface area (Å²) in [6, 6.07) is 2.75. The summed E-state index contributed by atoms with van der Waals surface area (Å²) in [5.74, 6) is -3.26. The Hall–Kier alpha value is -4.36. The second-order valence-electron chi connectivity index (χ2n) is 13.5. The lowest BCUT2D eigenvalue weighted by Crippen LogP contribution is -2.51. The average Bonchev–Trinajstić information content (AvgIpc) is 3.80. The monoisotopic (exact) mass is 686 g/mol. The second-order valence-corrected chi connectivity index (χ2v) is 13.5. The molecule has 4 aliphatic rings. The minimum atomic E-state index is -5.08. The number of fused-ring (bicyclic) bond motifs is 5. The quantitative estimate of drug-likeness (QED) is 0.252. The van der Waals surface area contributed by atoms with E-state index in [0.717, 1.165) is 39.4 Å². The van der Waals surface area contributed by atoms with E-state index in [1.165, 1.54) is 0 Å². The first-order valence-electron chi connectivity index (χ1n) is 16.2. The maximum absolute atomic E-state index is 17.2. The number of benzene rings is 2. The molecule has 2 bridgehead atoms. The van der Waals surface area contributed by atoms with Crippen molar-refractivity contribution in [2.45, 2.75) is 69.0 Å². The number of alkyl halides is 4. The van der Waals surface area contributed by atoms with Gasteiger partial charge in [-0.2, -0.15) is 33.5 Å². The summed E-state index contributed by atoms with van der Waals surface area (Å²) in [5, 5.41) is 19.0. The first kappa shape index (κ1) is 31.9. The van der Waals surface area contributed by atoms with Crippen molar-refractivity contribution < 1.29 is 35.8 Å². The number of aromatic amines is 1. The van der Waals surface area contributed by atoms with Crippen LogP contribution >= 0.6 is 0 Å². The summed E-state index contributed by atoms with van der Waals surface area (Å²) in [7, 11) is 1.13. The number of methoxy groups -OCH3 is 1. The molecule has 258 valence electrons. The molecule has 49 heavy (non-hydrogen) atoms. The van der Waals surface area contributed by atoms with Gasteiger partial charge >= 0.3 is 12.2 Å². The van der Waals surface area contributed by atoms with Gasteiger partial charge in [-0.3, -0.25) is 10.00 Å². The maximum atomic E-state index is 17.2. The smallest absolute Gasteiger partial charge is 0.417 e. The summed E-state index contributed by atoms with van der Waals surface area (Å²) >= 11 is 0. The van der Waals surface area contributed by atoms with Crippen LogP contribution in [-0.2, 0) is 6.18 Å². The molecule has 0 spiro atoms. The molecule has 0 saturated carbocycles. The average molecular weight is 687 g/mol. The first-order valence-corrected chi connectivity index (χ1v) is 16.2. The highest BCUT2D eigenvalue weighted by Crippen LogP contribution is 2.50. The standard InChI is InChI=1S/C33H32F6N8O2/c1-15-8-19-21(20(10-40)45-44-19)22(25(15)33(37,38)39)23-26(35)28-24(29(48-2)27(23)36)30(46-12-17-4-5-18(13-46)41-17)43-31(42-28)49-14-32-6-3-7-47(32)11-16(34)9-32/h8,16-18,41H,3-7,9,11-14H2,1-2H3,(H,44,45)/t16-,17?,18?,32+/m1/s1. The van der Waals surface area contributed by atoms with Gasteiger partial charge < -0.3 is 19.7 Å². The van der Waals surface area contributed by atoms with Crippen LogP contribution in [0.15, 0.2) is 6.07 Å². The molecule has 2 aromatic heterocycles. The largest absolute Gasteiger partial charge is 0.493 e. The molecule has 16 heteroatoms. The van der Waals surface area contributed by atoms with Gasteiger partial charge in [0, 0.05) is 49.1 Å². The van der Waals surface area contributed by atoms with Crippen molar-refractivity contribution in [3.8, 4) is 29.0 Å². The zero-order chi connectivity index (χ0) is 34.4. The number of halogens is 6. The molecule has 0 radical (unpaired) electrons. The van der Waals surface area contributed by atoms with Crippen molar-refractivity contribution in [3.05, 3.63) is 34.5 Å². The van der Waals surface area contributed by atoms with Gasteiger partial charge in [0.05, 0.1) is 34.7 Å². The predicted octanol–water partition coefficient (Wildman–Crippen LogP) is 5.55. The van der Waals surface area contributed by atoms with Crippen LogP contribution in [0.4, 0.5) is 32.2 Å². The van der Waals surface area contributed by atoms with E-state index in [4.69, 9.17) is 9.47 Å². The van der Waals surface area contributed by atoms with E-state index in [2.05, 4.69) is 25.5 Å².